The summed E-state index contributed by atoms with van der Waals surface area (Å²) < 4.78 is 0. The fourth-order valence-electron chi connectivity index (χ4n) is 2.90. The number of halogens is 1. The molecule has 0 bridgehead atoms. The highest BCUT2D eigenvalue weighted by molar-refractivity contribution is 6.32. The summed E-state index contributed by atoms with van der Waals surface area (Å²) >= 11 is 6.23. The van der Waals surface area contributed by atoms with Crippen LogP contribution in [0.25, 0.3) is 0 Å². The van der Waals surface area contributed by atoms with Gasteiger partial charge in [0.2, 0.25) is 6.29 Å². The van der Waals surface area contributed by atoms with Crippen LogP contribution in [0.4, 0.5) is 0 Å². The lowest BCUT2D eigenvalue weighted by Crippen LogP contribution is -2.54. The number of carbonyl (C=O) groups excluding carboxylic acids is 3. The average Bonchev–Trinajstić information content (AvgIpc) is 2.47. The third kappa shape index (κ3) is 2.24. The van der Waals surface area contributed by atoms with Gasteiger partial charge < -0.3 is 4.90 Å². The molecule has 1 aliphatic carbocycles. The van der Waals surface area contributed by atoms with E-state index >= 15 is 0 Å². The van der Waals surface area contributed by atoms with E-state index in [1.54, 1.807) is 24.3 Å². The van der Waals surface area contributed by atoms with E-state index in [9.17, 15) is 14.4 Å². The molecule has 5 heteroatoms. The zero-order valence-corrected chi connectivity index (χ0v) is 12.0. The molecule has 0 heterocycles. The molecule has 0 radical (unpaired) electrons. The summed E-state index contributed by atoms with van der Waals surface area (Å²) in [6.45, 7) is 0. The number of benzene rings is 1. The third-order valence-electron chi connectivity index (χ3n) is 3.98. The predicted octanol–water partition coefficient (Wildman–Crippen LogP) is 2.34. The van der Waals surface area contributed by atoms with Crippen LogP contribution in [0.3, 0.4) is 0 Å². The number of likely N-dealkylation sites (N-methyl/N-ethyl adjacent to an activating group) is 1. The highest BCUT2D eigenvalue weighted by atomic mass is 35.5. The summed E-state index contributed by atoms with van der Waals surface area (Å²) in [5.74, 6) is -0.769. The molecule has 1 aromatic rings. The van der Waals surface area contributed by atoms with Gasteiger partial charge in [-0.05, 0) is 25.3 Å². The summed E-state index contributed by atoms with van der Waals surface area (Å²) in [5, 5.41) is 0.438. The first-order valence-corrected chi connectivity index (χ1v) is 6.93. The highest BCUT2D eigenvalue weighted by Crippen LogP contribution is 2.42. The van der Waals surface area contributed by atoms with Gasteiger partial charge >= 0.3 is 0 Å². The van der Waals surface area contributed by atoms with Gasteiger partial charge in [0.1, 0.15) is 5.54 Å². The van der Waals surface area contributed by atoms with Crippen molar-refractivity contribution in [2.24, 2.45) is 0 Å². The van der Waals surface area contributed by atoms with Crippen LogP contribution >= 0.6 is 11.6 Å². The highest BCUT2D eigenvalue weighted by Gasteiger charge is 2.47. The van der Waals surface area contributed by atoms with Crippen LogP contribution in [-0.4, -0.2) is 29.9 Å². The molecule has 0 aliphatic heterocycles. The maximum absolute atomic E-state index is 12.6. The first-order chi connectivity index (χ1) is 9.54. The Morgan fingerprint density at radius 2 is 2.05 bits per heavy atom. The van der Waals surface area contributed by atoms with Gasteiger partial charge in [0, 0.05) is 24.1 Å². The Hall–Kier alpha value is -1.68. The monoisotopic (exact) mass is 293 g/mol. The smallest absolute Gasteiger partial charge is 0.287 e. The van der Waals surface area contributed by atoms with E-state index in [4.69, 9.17) is 11.6 Å². The van der Waals surface area contributed by atoms with E-state index in [2.05, 4.69) is 0 Å². The second-order valence-corrected chi connectivity index (χ2v) is 5.39. The van der Waals surface area contributed by atoms with Crippen molar-refractivity contribution in [3.05, 3.63) is 34.9 Å². The Labute approximate surface area is 122 Å². The first-order valence-electron chi connectivity index (χ1n) is 6.55. The third-order valence-corrected chi connectivity index (χ3v) is 4.31. The van der Waals surface area contributed by atoms with Crippen molar-refractivity contribution in [1.29, 1.82) is 0 Å². The Morgan fingerprint density at radius 3 is 2.65 bits per heavy atom. The summed E-state index contributed by atoms with van der Waals surface area (Å²) in [6, 6.07) is 7.00. The minimum atomic E-state index is -1.12. The molecule has 0 saturated heterocycles. The largest absolute Gasteiger partial charge is 0.322 e. The molecule has 0 aromatic heterocycles. The summed E-state index contributed by atoms with van der Waals surface area (Å²) in [4.78, 5) is 36.4. The van der Waals surface area contributed by atoms with E-state index in [1.807, 2.05) is 0 Å². The standard InChI is InChI=1S/C15H16ClNO3/c1-17(14(20)10-18)15(9-5-4-8-13(15)19)11-6-2-3-7-12(11)16/h2-3,6-7,10H,4-5,8-9H2,1H3. The lowest BCUT2D eigenvalue weighted by atomic mass is 9.74. The van der Waals surface area contributed by atoms with Gasteiger partial charge in [-0.15, -0.1) is 0 Å². The Kier molecular flexibility index (Phi) is 4.23. The molecule has 1 saturated carbocycles. The Bertz CT molecular complexity index is 558. The molecule has 1 atom stereocenters. The van der Waals surface area contributed by atoms with Gasteiger partial charge in [-0.25, -0.2) is 0 Å². The van der Waals surface area contributed by atoms with Crippen molar-refractivity contribution in [3.63, 3.8) is 0 Å². The quantitative estimate of drug-likeness (QED) is 0.635. The van der Waals surface area contributed by atoms with E-state index in [1.165, 1.54) is 11.9 Å². The van der Waals surface area contributed by atoms with E-state index in [-0.39, 0.29) is 12.1 Å². The number of hydrogen-bond acceptors (Lipinski definition) is 3. The predicted molar refractivity (Wildman–Crippen MR) is 75.4 cm³/mol. The number of amides is 1. The first kappa shape index (κ1) is 14.7. The number of nitrogens with zero attached hydrogens (tertiary/aromatic N) is 1. The molecule has 0 N–H and O–H groups in total. The van der Waals surface area contributed by atoms with Crippen molar-refractivity contribution >= 4 is 29.6 Å². The zero-order valence-electron chi connectivity index (χ0n) is 11.3. The lowest BCUT2D eigenvalue weighted by Gasteiger charge is -2.43. The summed E-state index contributed by atoms with van der Waals surface area (Å²) in [6.07, 6.45) is 2.73. The molecule has 1 unspecified atom stereocenters. The van der Waals surface area contributed by atoms with Gasteiger partial charge in [0.05, 0.1) is 0 Å². The SMILES string of the molecule is CN(C(=O)C=O)C1(c2ccccc2Cl)CCCCC1=O. The van der Waals surface area contributed by atoms with Crippen LogP contribution < -0.4 is 0 Å². The number of rotatable bonds is 3. The molecule has 20 heavy (non-hydrogen) atoms. The van der Waals surface area contributed by atoms with Gasteiger partial charge in [-0.2, -0.15) is 0 Å². The second-order valence-electron chi connectivity index (χ2n) is 4.99. The minimum Gasteiger partial charge on any atom is -0.322 e. The van der Waals surface area contributed by atoms with Crippen molar-refractivity contribution in [1.82, 2.24) is 4.90 Å². The van der Waals surface area contributed by atoms with E-state index in [0.29, 0.717) is 23.4 Å². The van der Waals surface area contributed by atoms with Crippen molar-refractivity contribution in [2.75, 3.05) is 7.05 Å². The molecule has 2 rings (SSSR count). The Morgan fingerprint density at radius 1 is 1.35 bits per heavy atom. The van der Waals surface area contributed by atoms with Crippen LogP contribution in [0.2, 0.25) is 5.02 Å². The number of carbonyl (C=O) groups is 3. The molecule has 4 nitrogen and oxygen atoms in total. The summed E-state index contributed by atoms with van der Waals surface area (Å²) in [5.41, 5.74) is -0.515. The fourth-order valence-corrected chi connectivity index (χ4v) is 3.19. The Balaban J connectivity index is 2.60. The van der Waals surface area contributed by atoms with E-state index < -0.39 is 11.4 Å². The summed E-state index contributed by atoms with van der Waals surface area (Å²) in [7, 11) is 1.49. The van der Waals surface area contributed by atoms with Gasteiger partial charge in [-0.3, -0.25) is 14.4 Å². The number of ketones is 1. The molecule has 1 amide bonds. The van der Waals surface area contributed by atoms with Crippen molar-refractivity contribution in [2.45, 2.75) is 31.2 Å². The molecule has 0 spiro atoms. The van der Waals surface area contributed by atoms with Crippen molar-refractivity contribution in [3.8, 4) is 0 Å². The molecular weight excluding hydrogens is 278 g/mol. The van der Waals surface area contributed by atoms with Crippen LogP contribution in [-0.2, 0) is 19.9 Å². The van der Waals surface area contributed by atoms with Gasteiger partial charge in [-0.1, -0.05) is 29.8 Å². The second kappa shape index (κ2) is 5.75. The van der Waals surface area contributed by atoms with Crippen molar-refractivity contribution < 1.29 is 14.4 Å². The number of aldehydes is 1. The van der Waals surface area contributed by atoms with Crippen LogP contribution in [0.1, 0.15) is 31.2 Å². The number of Topliss-reactive ketones (excluding diaryl/α,β-unsaturated/α-hetero) is 1. The average molecular weight is 294 g/mol. The normalized spacial score (nSPS) is 22.4. The molecule has 1 aliphatic rings. The van der Waals surface area contributed by atoms with Crippen LogP contribution in [0.5, 0.6) is 0 Å². The minimum absolute atomic E-state index is 0.0606. The maximum Gasteiger partial charge on any atom is 0.287 e. The molecule has 1 fully saturated rings. The topological polar surface area (TPSA) is 54.5 Å². The zero-order chi connectivity index (χ0) is 14.8. The van der Waals surface area contributed by atoms with E-state index in [0.717, 1.165) is 12.8 Å². The fraction of sp³-hybridized carbons (Fsp3) is 0.400. The van der Waals surface area contributed by atoms with Crippen LogP contribution in [0.15, 0.2) is 24.3 Å². The van der Waals surface area contributed by atoms with Crippen LogP contribution in [0, 0.1) is 0 Å². The van der Waals surface area contributed by atoms with Gasteiger partial charge in [0.25, 0.3) is 5.91 Å². The number of hydrogen-bond donors (Lipinski definition) is 0. The van der Waals surface area contributed by atoms with Gasteiger partial charge in [0.15, 0.2) is 5.78 Å². The molecule has 106 valence electrons. The molecular formula is C15H16ClNO3. The molecule has 1 aromatic carbocycles. The lowest BCUT2D eigenvalue weighted by molar-refractivity contribution is -0.150. The maximum atomic E-state index is 12.6.